The number of carbonyl (C=O) groups is 1. The Kier molecular flexibility index (Phi) is 18.7. The van der Waals surface area contributed by atoms with Crippen LogP contribution in [0.15, 0.2) is 120 Å². The number of allylic oxidation sites excluding steroid dienone is 1. The van der Waals surface area contributed by atoms with Gasteiger partial charge < -0.3 is 53.3 Å². The second kappa shape index (κ2) is 25.7. The molecule has 1 saturated heterocycles. The molecule has 2 heterocycles. The number of carbonyl (C=O) groups excluding carboxylic acids is 1. The first-order valence-electron chi connectivity index (χ1n) is 25.2. The molecule has 0 radical (unpaired) electrons. The molecule has 7 atom stereocenters. The topological polar surface area (TPSA) is 167 Å². The number of aliphatic hydroxyl groups is 3. The number of oxime groups is 1. The van der Waals surface area contributed by atoms with E-state index in [0.717, 1.165) is 66.0 Å². The van der Waals surface area contributed by atoms with Gasteiger partial charge in [0, 0.05) is 44.1 Å². The monoisotopic (exact) mass is 962 g/mol. The van der Waals surface area contributed by atoms with Gasteiger partial charge in [0.25, 0.3) is 0 Å². The van der Waals surface area contributed by atoms with Crippen LogP contribution in [0.4, 0.5) is 4.79 Å². The third-order valence-corrected chi connectivity index (χ3v) is 13.9. The third kappa shape index (κ3) is 12.4. The second-order valence-corrected chi connectivity index (χ2v) is 18.5. The fraction of sp³-hybridized carbons (Fsp3) is 0.500. The molecule has 1 amide bonds. The number of hydrogen-bond acceptors (Lipinski definition) is 13. The number of rotatable bonds is 26. The molecule has 14 heteroatoms. The highest BCUT2D eigenvalue weighted by atomic mass is 16.8. The van der Waals surface area contributed by atoms with Crippen molar-refractivity contribution in [2.45, 2.75) is 94.9 Å². The first kappa shape index (κ1) is 51.0. The van der Waals surface area contributed by atoms with Crippen molar-refractivity contribution in [1.29, 1.82) is 0 Å². The van der Waals surface area contributed by atoms with Gasteiger partial charge in [0.2, 0.25) is 12.1 Å². The van der Waals surface area contributed by atoms with Gasteiger partial charge in [-0.2, -0.15) is 0 Å². The van der Waals surface area contributed by atoms with Gasteiger partial charge in [-0.1, -0.05) is 90.8 Å². The Bertz CT molecular complexity index is 2350. The first-order valence-corrected chi connectivity index (χ1v) is 25.2. The van der Waals surface area contributed by atoms with Crippen molar-refractivity contribution in [1.82, 2.24) is 4.90 Å². The molecule has 70 heavy (non-hydrogen) atoms. The molecular weight excluding hydrogens is 893 g/mol. The van der Waals surface area contributed by atoms with Crippen LogP contribution < -0.4 is 9.47 Å². The summed E-state index contributed by atoms with van der Waals surface area (Å²) in [4.78, 5) is 22.7. The molecule has 4 aromatic rings. The van der Waals surface area contributed by atoms with Gasteiger partial charge in [-0.3, -0.25) is 4.90 Å². The SMILES string of the molecule is C=CCOC12Oc3ccc(Oc4ccc5ccccc5c4)cc3C3C(CCCCO)C(CCCCO)C=C(C(=NOC4CCCCO4)CC1N(CCOCCO)C(=O)OCCOCc1ccccc1)C32. The molecule has 7 unspecified atom stereocenters. The maximum atomic E-state index is 14.8. The molecule has 1 saturated carbocycles. The van der Waals surface area contributed by atoms with E-state index in [1.165, 1.54) is 0 Å². The lowest BCUT2D eigenvalue weighted by Crippen LogP contribution is -2.70. The summed E-state index contributed by atoms with van der Waals surface area (Å²) >= 11 is 0. The van der Waals surface area contributed by atoms with Crippen molar-refractivity contribution < 1.29 is 58.1 Å². The summed E-state index contributed by atoms with van der Waals surface area (Å²) in [7, 11) is 0. The van der Waals surface area contributed by atoms with E-state index in [9.17, 15) is 20.1 Å². The molecule has 14 nitrogen and oxygen atoms in total. The molecule has 0 aromatic heterocycles. The van der Waals surface area contributed by atoms with Crippen molar-refractivity contribution >= 4 is 22.6 Å². The number of amides is 1. The van der Waals surface area contributed by atoms with Crippen LogP contribution in [0.3, 0.4) is 0 Å². The van der Waals surface area contributed by atoms with Crippen LogP contribution >= 0.6 is 0 Å². The number of hydrogen-bond donors (Lipinski definition) is 3. The molecule has 376 valence electrons. The zero-order valence-electron chi connectivity index (χ0n) is 40.2. The van der Waals surface area contributed by atoms with Crippen molar-refractivity contribution in [3.05, 3.63) is 126 Å². The first-order chi connectivity index (χ1) is 34.5. The highest BCUT2D eigenvalue weighted by Crippen LogP contribution is 2.62. The van der Waals surface area contributed by atoms with Gasteiger partial charge in [-0.05, 0) is 103 Å². The molecular formula is C56H70N2O12. The van der Waals surface area contributed by atoms with E-state index in [2.05, 4.69) is 36.9 Å². The molecule has 2 fully saturated rings. The van der Waals surface area contributed by atoms with Gasteiger partial charge in [0.1, 0.15) is 29.9 Å². The fourth-order valence-corrected chi connectivity index (χ4v) is 10.7. The smallest absolute Gasteiger partial charge is 0.410 e. The van der Waals surface area contributed by atoms with Gasteiger partial charge >= 0.3 is 6.09 Å². The largest absolute Gasteiger partial charge is 0.459 e. The van der Waals surface area contributed by atoms with Crippen LogP contribution in [0.2, 0.25) is 0 Å². The van der Waals surface area contributed by atoms with Crippen molar-refractivity contribution in [2.75, 3.05) is 66.0 Å². The second-order valence-electron chi connectivity index (χ2n) is 18.5. The van der Waals surface area contributed by atoms with Crippen LogP contribution in [-0.2, 0) is 35.1 Å². The summed E-state index contributed by atoms with van der Waals surface area (Å²) in [6.07, 6.45) is 10.0. The van der Waals surface area contributed by atoms with E-state index in [-0.39, 0.29) is 83.6 Å². The summed E-state index contributed by atoms with van der Waals surface area (Å²) in [5.41, 5.74) is 3.48. The molecule has 0 spiro atoms. The van der Waals surface area contributed by atoms with Crippen LogP contribution in [0.5, 0.6) is 17.2 Å². The zero-order chi connectivity index (χ0) is 48.5. The van der Waals surface area contributed by atoms with Gasteiger partial charge in [0.05, 0.1) is 57.9 Å². The van der Waals surface area contributed by atoms with Gasteiger partial charge in [-0.15, -0.1) is 6.58 Å². The Labute approximate surface area is 411 Å². The van der Waals surface area contributed by atoms with Crippen LogP contribution in [0.25, 0.3) is 10.8 Å². The van der Waals surface area contributed by atoms with E-state index in [1.54, 1.807) is 11.0 Å². The molecule has 3 N–H and O–H groups in total. The highest BCUT2D eigenvalue weighted by molar-refractivity contribution is 6.03. The Morgan fingerprint density at radius 1 is 0.829 bits per heavy atom. The normalized spacial score (nSPS) is 24.2. The summed E-state index contributed by atoms with van der Waals surface area (Å²) in [6, 6.07) is 29.1. The summed E-state index contributed by atoms with van der Waals surface area (Å²) in [5, 5.41) is 36.9. The van der Waals surface area contributed by atoms with Crippen molar-refractivity contribution in [3.8, 4) is 17.2 Å². The van der Waals surface area contributed by atoms with Crippen LogP contribution in [0, 0.1) is 17.8 Å². The Morgan fingerprint density at radius 2 is 1.61 bits per heavy atom. The Morgan fingerprint density at radius 3 is 2.40 bits per heavy atom. The van der Waals surface area contributed by atoms with E-state index in [4.69, 9.17) is 43.2 Å². The van der Waals surface area contributed by atoms with Gasteiger partial charge in [-0.25, -0.2) is 4.79 Å². The number of fused-ring (bicyclic) bond motifs is 3. The predicted octanol–water partition coefficient (Wildman–Crippen LogP) is 9.46. The van der Waals surface area contributed by atoms with E-state index in [1.807, 2.05) is 66.7 Å². The van der Waals surface area contributed by atoms with Gasteiger partial charge in [0.15, 0.2) is 0 Å². The lowest BCUT2D eigenvalue weighted by Gasteiger charge is -2.59. The number of nitrogens with zero attached hydrogens (tertiary/aromatic N) is 2. The number of ether oxygens (including phenoxy) is 7. The van der Waals surface area contributed by atoms with Crippen LogP contribution in [0.1, 0.15) is 81.3 Å². The lowest BCUT2D eigenvalue weighted by molar-refractivity contribution is -0.256. The molecule has 4 aromatic carbocycles. The molecule has 2 aliphatic carbocycles. The number of benzene rings is 4. The minimum atomic E-state index is -1.52. The van der Waals surface area contributed by atoms with Crippen molar-refractivity contribution in [2.24, 2.45) is 22.9 Å². The average Bonchev–Trinajstić information content (AvgIpc) is 3.39. The third-order valence-electron chi connectivity index (χ3n) is 13.9. The molecule has 8 rings (SSSR count). The van der Waals surface area contributed by atoms with E-state index in [0.29, 0.717) is 55.4 Å². The minimum Gasteiger partial charge on any atom is -0.459 e. The summed E-state index contributed by atoms with van der Waals surface area (Å²) < 4.78 is 45.1. The fourth-order valence-electron chi connectivity index (χ4n) is 10.7. The highest BCUT2D eigenvalue weighted by Gasteiger charge is 2.65. The standard InChI is InChI=1S/C56H70N2O12/c1-2-29-67-56-51(58(25-31-63-32-28-61)55(62)66-34-33-64-39-40-14-4-3-5-15-40)38-49(57-70-52-20-10-13-30-65-52)47-36-43(18-8-11-26-59)46(19-9-12-27-60)53(54(47)56)48-37-45(23-24-50(48)69-56)68-44-22-21-41-16-6-7-17-42(41)35-44/h2-7,14-17,21-24,35-37,43,46,51-54,59-61H,1,8-13,18-20,25-34,38-39H2. The maximum Gasteiger partial charge on any atom is 0.410 e. The van der Waals surface area contributed by atoms with E-state index >= 15 is 0 Å². The average molecular weight is 963 g/mol. The summed E-state index contributed by atoms with van der Waals surface area (Å²) in [6.45, 7) is 5.46. The minimum absolute atomic E-state index is 0.00177. The molecule has 2 aliphatic heterocycles. The molecule has 4 aliphatic rings. The number of aliphatic hydroxyl groups excluding tert-OH is 3. The number of unbranched alkanes of at least 4 members (excludes halogenated alkanes) is 2. The zero-order valence-corrected chi connectivity index (χ0v) is 40.2. The summed E-state index contributed by atoms with van der Waals surface area (Å²) in [5.74, 6) is -0.395. The quantitative estimate of drug-likeness (QED) is 0.0310. The van der Waals surface area contributed by atoms with Crippen molar-refractivity contribution in [3.63, 3.8) is 0 Å². The Hall–Kier alpha value is -5.32. The molecule has 0 bridgehead atoms. The maximum absolute atomic E-state index is 14.8. The lowest BCUT2D eigenvalue weighted by atomic mass is 9.55. The predicted molar refractivity (Wildman–Crippen MR) is 266 cm³/mol. The van der Waals surface area contributed by atoms with E-state index < -0.39 is 30.1 Å². The Balaban J connectivity index is 1.25. The van der Waals surface area contributed by atoms with Crippen LogP contribution in [-0.4, -0.2) is 116 Å².